The average molecular weight is 227 g/mol. The highest BCUT2D eigenvalue weighted by atomic mass is 16.5. The third-order valence-electron chi connectivity index (χ3n) is 3.51. The van der Waals surface area contributed by atoms with Crippen molar-refractivity contribution in [2.24, 2.45) is 11.3 Å². The predicted molar refractivity (Wildman–Crippen MR) is 69.7 cm³/mol. The van der Waals surface area contributed by atoms with Gasteiger partial charge in [0.15, 0.2) is 0 Å². The molecule has 1 heterocycles. The van der Waals surface area contributed by atoms with Crippen LogP contribution in [0.4, 0.5) is 0 Å². The van der Waals surface area contributed by atoms with Gasteiger partial charge in [-0.1, -0.05) is 27.7 Å². The molecule has 0 bridgehead atoms. The van der Waals surface area contributed by atoms with Crippen molar-refractivity contribution in [3.63, 3.8) is 0 Å². The van der Waals surface area contributed by atoms with Crippen molar-refractivity contribution in [2.75, 3.05) is 19.8 Å². The molecule has 96 valence electrons. The maximum Gasteiger partial charge on any atom is 0.0469 e. The number of nitrogens with one attached hydrogen (secondary N) is 1. The molecule has 2 nitrogen and oxygen atoms in total. The maximum absolute atomic E-state index is 5.45. The minimum atomic E-state index is 0.457. The summed E-state index contributed by atoms with van der Waals surface area (Å²) >= 11 is 0. The van der Waals surface area contributed by atoms with Crippen molar-refractivity contribution in [1.82, 2.24) is 5.32 Å². The molecule has 0 aromatic carbocycles. The number of rotatable bonds is 5. The number of hydrogen-bond donors (Lipinski definition) is 1. The summed E-state index contributed by atoms with van der Waals surface area (Å²) in [4.78, 5) is 0. The maximum atomic E-state index is 5.45. The Labute approximate surface area is 101 Å². The highest BCUT2D eigenvalue weighted by Crippen LogP contribution is 2.27. The van der Waals surface area contributed by atoms with E-state index in [0.29, 0.717) is 11.5 Å². The normalized spacial score (nSPS) is 21.0. The lowest BCUT2D eigenvalue weighted by Crippen LogP contribution is -2.39. The van der Waals surface area contributed by atoms with E-state index < -0.39 is 0 Å². The highest BCUT2D eigenvalue weighted by molar-refractivity contribution is 4.80. The first-order valence-electron chi connectivity index (χ1n) is 6.84. The van der Waals surface area contributed by atoms with E-state index in [0.717, 1.165) is 25.7 Å². The smallest absolute Gasteiger partial charge is 0.0469 e. The third kappa shape index (κ3) is 5.31. The van der Waals surface area contributed by atoms with Crippen LogP contribution in [0.5, 0.6) is 0 Å². The van der Waals surface area contributed by atoms with Crippen molar-refractivity contribution in [3.05, 3.63) is 0 Å². The first-order valence-corrected chi connectivity index (χ1v) is 6.84. The molecular formula is C14H29NO. The van der Waals surface area contributed by atoms with Gasteiger partial charge in [-0.2, -0.15) is 0 Å². The molecule has 1 unspecified atom stereocenters. The van der Waals surface area contributed by atoms with Crippen LogP contribution < -0.4 is 5.32 Å². The Kier molecular flexibility index (Phi) is 5.77. The molecule has 0 saturated carbocycles. The zero-order valence-electron chi connectivity index (χ0n) is 11.5. The SMILES string of the molecule is CCNC(CCC(C)(C)C)C1CCOCC1. The van der Waals surface area contributed by atoms with Gasteiger partial charge in [0, 0.05) is 19.3 Å². The van der Waals surface area contributed by atoms with E-state index in [9.17, 15) is 0 Å². The number of ether oxygens (including phenoxy) is 1. The first-order chi connectivity index (χ1) is 7.53. The molecule has 1 N–H and O–H groups in total. The van der Waals surface area contributed by atoms with Crippen LogP contribution in [-0.4, -0.2) is 25.8 Å². The molecular weight excluding hydrogens is 198 g/mol. The van der Waals surface area contributed by atoms with Crippen molar-refractivity contribution < 1.29 is 4.74 Å². The fraction of sp³-hybridized carbons (Fsp3) is 1.00. The monoisotopic (exact) mass is 227 g/mol. The van der Waals surface area contributed by atoms with Crippen LogP contribution in [0.2, 0.25) is 0 Å². The summed E-state index contributed by atoms with van der Waals surface area (Å²) in [6.45, 7) is 12.2. The summed E-state index contributed by atoms with van der Waals surface area (Å²) in [6, 6.07) is 0.702. The fourth-order valence-electron chi connectivity index (χ4n) is 2.47. The Balaban J connectivity index is 2.39. The Morgan fingerprint density at radius 3 is 2.38 bits per heavy atom. The van der Waals surface area contributed by atoms with Crippen LogP contribution in [0.3, 0.4) is 0 Å². The van der Waals surface area contributed by atoms with Gasteiger partial charge in [-0.25, -0.2) is 0 Å². The molecule has 0 aromatic heterocycles. The topological polar surface area (TPSA) is 21.3 Å². The quantitative estimate of drug-likeness (QED) is 0.778. The van der Waals surface area contributed by atoms with Crippen molar-refractivity contribution in [1.29, 1.82) is 0 Å². The lowest BCUT2D eigenvalue weighted by atomic mass is 9.83. The van der Waals surface area contributed by atoms with E-state index in [1.54, 1.807) is 0 Å². The van der Waals surface area contributed by atoms with Crippen LogP contribution in [-0.2, 0) is 4.74 Å². The summed E-state index contributed by atoms with van der Waals surface area (Å²) in [6.07, 6.45) is 5.09. The van der Waals surface area contributed by atoms with E-state index in [1.807, 2.05) is 0 Å². The van der Waals surface area contributed by atoms with E-state index in [-0.39, 0.29) is 0 Å². The summed E-state index contributed by atoms with van der Waals surface area (Å²) in [5.41, 5.74) is 0.457. The Morgan fingerprint density at radius 2 is 1.88 bits per heavy atom. The van der Waals surface area contributed by atoms with Crippen LogP contribution >= 0.6 is 0 Å². The van der Waals surface area contributed by atoms with Crippen molar-refractivity contribution >= 4 is 0 Å². The molecule has 0 aliphatic carbocycles. The largest absolute Gasteiger partial charge is 0.381 e. The van der Waals surface area contributed by atoms with E-state index in [1.165, 1.54) is 25.7 Å². The zero-order valence-corrected chi connectivity index (χ0v) is 11.5. The molecule has 1 fully saturated rings. The van der Waals surface area contributed by atoms with Gasteiger partial charge in [0.1, 0.15) is 0 Å². The average Bonchev–Trinajstić information content (AvgIpc) is 2.24. The standard InChI is InChI=1S/C14H29NO/c1-5-15-13(6-9-14(2,3)4)12-7-10-16-11-8-12/h12-13,15H,5-11H2,1-4H3. The second kappa shape index (κ2) is 6.61. The molecule has 0 amide bonds. The van der Waals surface area contributed by atoms with Crippen LogP contribution in [0.1, 0.15) is 53.4 Å². The predicted octanol–water partition coefficient (Wildman–Crippen LogP) is 3.22. The molecule has 1 saturated heterocycles. The second-order valence-electron chi connectivity index (χ2n) is 6.21. The van der Waals surface area contributed by atoms with Gasteiger partial charge in [-0.05, 0) is 43.6 Å². The summed E-state index contributed by atoms with van der Waals surface area (Å²) in [5, 5.41) is 3.67. The molecule has 1 aliphatic rings. The first kappa shape index (κ1) is 14.0. The molecule has 2 heteroatoms. The van der Waals surface area contributed by atoms with E-state index in [2.05, 4.69) is 33.0 Å². The summed E-state index contributed by atoms with van der Waals surface area (Å²) in [7, 11) is 0. The molecule has 0 spiro atoms. The van der Waals surface area contributed by atoms with Crippen LogP contribution in [0.15, 0.2) is 0 Å². The van der Waals surface area contributed by atoms with Gasteiger partial charge in [0.2, 0.25) is 0 Å². The van der Waals surface area contributed by atoms with Gasteiger partial charge in [-0.15, -0.1) is 0 Å². The molecule has 0 aromatic rings. The molecule has 16 heavy (non-hydrogen) atoms. The van der Waals surface area contributed by atoms with E-state index >= 15 is 0 Å². The van der Waals surface area contributed by atoms with Gasteiger partial charge in [-0.3, -0.25) is 0 Å². The minimum absolute atomic E-state index is 0.457. The van der Waals surface area contributed by atoms with Crippen LogP contribution in [0.25, 0.3) is 0 Å². The van der Waals surface area contributed by atoms with Gasteiger partial charge in [0.05, 0.1) is 0 Å². The Hall–Kier alpha value is -0.0800. The van der Waals surface area contributed by atoms with Crippen LogP contribution in [0, 0.1) is 11.3 Å². The Bertz CT molecular complexity index is 180. The number of hydrogen-bond acceptors (Lipinski definition) is 2. The lowest BCUT2D eigenvalue weighted by molar-refractivity contribution is 0.0512. The van der Waals surface area contributed by atoms with Crippen molar-refractivity contribution in [3.8, 4) is 0 Å². The van der Waals surface area contributed by atoms with Gasteiger partial charge < -0.3 is 10.1 Å². The fourth-order valence-corrected chi connectivity index (χ4v) is 2.47. The zero-order chi connectivity index (χ0) is 12.0. The molecule has 1 rings (SSSR count). The highest BCUT2D eigenvalue weighted by Gasteiger charge is 2.24. The van der Waals surface area contributed by atoms with E-state index in [4.69, 9.17) is 4.74 Å². The van der Waals surface area contributed by atoms with Crippen molar-refractivity contribution in [2.45, 2.75) is 59.4 Å². The molecule has 1 aliphatic heterocycles. The minimum Gasteiger partial charge on any atom is -0.381 e. The van der Waals surface area contributed by atoms with Gasteiger partial charge >= 0.3 is 0 Å². The Morgan fingerprint density at radius 1 is 1.25 bits per heavy atom. The third-order valence-corrected chi connectivity index (χ3v) is 3.51. The van der Waals surface area contributed by atoms with Gasteiger partial charge in [0.25, 0.3) is 0 Å². The lowest BCUT2D eigenvalue weighted by Gasteiger charge is -2.32. The second-order valence-corrected chi connectivity index (χ2v) is 6.21. The molecule has 0 radical (unpaired) electrons. The summed E-state index contributed by atoms with van der Waals surface area (Å²) in [5.74, 6) is 0.830. The summed E-state index contributed by atoms with van der Waals surface area (Å²) < 4.78 is 5.45. The molecule has 1 atom stereocenters.